The van der Waals surface area contributed by atoms with E-state index in [0.717, 1.165) is 0 Å². The number of alkyl halides is 2. The topological polar surface area (TPSA) is 44.5 Å². The average molecular weight is 240 g/mol. The zero-order valence-corrected chi connectivity index (χ0v) is 8.89. The van der Waals surface area contributed by atoms with Crippen LogP contribution in [0.2, 0.25) is 0 Å². The smallest absolute Gasteiger partial charge is 0.387 e. The molecule has 0 saturated heterocycles. The lowest BCUT2D eigenvalue weighted by Crippen LogP contribution is -2.07. The van der Waals surface area contributed by atoms with Crippen LogP contribution < -0.4 is 15.2 Å². The lowest BCUT2D eigenvalue weighted by molar-refractivity contribution is -0.0505. The second kappa shape index (κ2) is 6.42. The van der Waals surface area contributed by atoms with Gasteiger partial charge in [-0.1, -0.05) is 6.07 Å². The van der Waals surface area contributed by atoms with Crippen LogP contribution in [0.15, 0.2) is 18.2 Å². The summed E-state index contributed by atoms with van der Waals surface area (Å²) >= 11 is 0. The van der Waals surface area contributed by atoms with Crippen molar-refractivity contribution in [3.05, 3.63) is 23.8 Å². The van der Waals surface area contributed by atoms with Gasteiger partial charge >= 0.3 is 6.61 Å². The van der Waals surface area contributed by atoms with Gasteiger partial charge in [0.2, 0.25) is 0 Å². The average Bonchev–Trinajstić information content (AvgIpc) is 2.16. The highest BCUT2D eigenvalue weighted by Gasteiger charge is 2.09. The number of ether oxygens (including phenoxy) is 2. The molecular weight excluding hydrogens is 228 g/mol. The number of halogens is 3. The second-order valence-corrected chi connectivity index (χ2v) is 2.56. The van der Waals surface area contributed by atoms with Crippen LogP contribution in [-0.2, 0) is 6.54 Å². The third-order valence-electron chi connectivity index (χ3n) is 1.71. The van der Waals surface area contributed by atoms with E-state index in [9.17, 15) is 8.78 Å². The Morgan fingerprint density at radius 2 is 2.07 bits per heavy atom. The van der Waals surface area contributed by atoms with Gasteiger partial charge in [-0.3, -0.25) is 0 Å². The Kier molecular flexibility index (Phi) is 5.96. The molecule has 15 heavy (non-hydrogen) atoms. The molecule has 0 radical (unpaired) electrons. The SMILES string of the molecule is COc1ccc(CN)c(OC(F)F)c1.Cl. The lowest BCUT2D eigenvalue weighted by Gasteiger charge is -2.10. The zero-order valence-electron chi connectivity index (χ0n) is 8.07. The van der Waals surface area contributed by atoms with Gasteiger partial charge in [-0.05, 0) is 6.07 Å². The second-order valence-electron chi connectivity index (χ2n) is 2.56. The maximum absolute atomic E-state index is 12.0. The first-order valence-electron chi connectivity index (χ1n) is 3.99. The van der Waals surface area contributed by atoms with E-state index < -0.39 is 6.61 Å². The van der Waals surface area contributed by atoms with Crippen LogP contribution in [-0.4, -0.2) is 13.7 Å². The molecule has 0 atom stereocenters. The van der Waals surface area contributed by atoms with Crippen LogP contribution in [0.4, 0.5) is 8.78 Å². The minimum Gasteiger partial charge on any atom is -0.497 e. The Labute approximate surface area is 92.6 Å². The van der Waals surface area contributed by atoms with Gasteiger partial charge in [-0.25, -0.2) is 0 Å². The molecule has 0 aliphatic carbocycles. The van der Waals surface area contributed by atoms with Gasteiger partial charge in [-0.2, -0.15) is 8.78 Å². The third kappa shape index (κ3) is 3.89. The molecule has 0 fully saturated rings. The number of hydrogen-bond acceptors (Lipinski definition) is 3. The van der Waals surface area contributed by atoms with E-state index in [0.29, 0.717) is 11.3 Å². The molecule has 0 spiro atoms. The monoisotopic (exact) mass is 239 g/mol. The van der Waals surface area contributed by atoms with Crippen molar-refractivity contribution in [1.82, 2.24) is 0 Å². The predicted molar refractivity (Wildman–Crippen MR) is 54.8 cm³/mol. The molecule has 0 aliphatic heterocycles. The van der Waals surface area contributed by atoms with E-state index in [4.69, 9.17) is 10.5 Å². The van der Waals surface area contributed by atoms with Crippen molar-refractivity contribution in [2.45, 2.75) is 13.2 Å². The Bertz CT molecular complexity index is 310. The fourth-order valence-corrected chi connectivity index (χ4v) is 1.04. The van der Waals surface area contributed by atoms with Gasteiger partial charge in [0.15, 0.2) is 0 Å². The molecule has 0 heterocycles. The van der Waals surface area contributed by atoms with Crippen molar-refractivity contribution >= 4 is 12.4 Å². The lowest BCUT2D eigenvalue weighted by atomic mass is 10.2. The maximum atomic E-state index is 12.0. The van der Waals surface area contributed by atoms with Gasteiger partial charge in [-0.15, -0.1) is 12.4 Å². The summed E-state index contributed by atoms with van der Waals surface area (Å²) in [4.78, 5) is 0. The Morgan fingerprint density at radius 1 is 1.40 bits per heavy atom. The van der Waals surface area contributed by atoms with Gasteiger partial charge < -0.3 is 15.2 Å². The van der Waals surface area contributed by atoms with Crippen molar-refractivity contribution < 1.29 is 18.3 Å². The molecule has 0 aromatic heterocycles. The summed E-state index contributed by atoms with van der Waals surface area (Å²) in [5.41, 5.74) is 5.87. The summed E-state index contributed by atoms with van der Waals surface area (Å²) in [5, 5.41) is 0. The summed E-state index contributed by atoms with van der Waals surface area (Å²) in [7, 11) is 1.45. The highest BCUT2D eigenvalue weighted by molar-refractivity contribution is 5.85. The van der Waals surface area contributed by atoms with Crippen molar-refractivity contribution in [1.29, 1.82) is 0 Å². The number of rotatable bonds is 4. The molecule has 0 amide bonds. The third-order valence-corrected chi connectivity index (χ3v) is 1.71. The molecule has 1 aromatic rings. The van der Waals surface area contributed by atoms with Crippen LogP contribution >= 0.6 is 12.4 Å². The quantitative estimate of drug-likeness (QED) is 0.876. The van der Waals surface area contributed by atoms with E-state index in [1.807, 2.05) is 0 Å². The molecule has 0 saturated carbocycles. The van der Waals surface area contributed by atoms with Crippen molar-refractivity contribution in [3.63, 3.8) is 0 Å². The molecule has 6 heteroatoms. The van der Waals surface area contributed by atoms with E-state index in [-0.39, 0.29) is 24.7 Å². The number of hydrogen-bond donors (Lipinski definition) is 1. The first-order chi connectivity index (χ1) is 6.67. The minimum atomic E-state index is -2.85. The molecule has 1 aromatic carbocycles. The van der Waals surface area contributed by atoms with Crippen LogP contribution in [0.5, 0.6) is 11.5 Å². The maximum Gasteiger partial charge on any atom is 0.387 e. The van der Waals surface area contributed by atoms with Crippen LogP contribution in [0, 0.1) is 0 Å². The predicted octanol–water partition coefficient (Wildman–Crippen LogP) is 2.18. The summed E-state index contributed by atoms with van der Waals surface area (Å²) in [6, 6.07) is 4.62. The van der Waals surface area contributed by atoms with Crippen LogP contribution in [0.3, 0.4) is 0 Å². The minimum absolute atomic E-state index is 0. The Hall–Kier alpha value is -1.07. The molecule has 0 bridgehead atoms. The highest BCUT2D eigenvalue weighted by Crippen LogP contribution is 2.25. The summed E-state index contributed by atoms with van der Waals surface area (Å²) in [6.45, 7) is -2.71. The van der Waals surface area contributed by atoms with E-state index in [1.54, 1.807) is 12.1 Å². The first kappa shape index (κ1) is 13.9. The standard InChI is InChI=1S/C9H11F2NO2.ClH/c1-13-7-3-2-6(5-12)8(4-7)14-9(10)11;/h2-4,9H,5,12H2,1H3;1H. The summed E-state index contributed by atoms with van der Waals surface area (Å²) in [6.07, 6.45) is 0. The van der Waals surface area contributed by atoms with E-state index in [2.05, 4.69) is 4.74 Å². The number of nitrogens with two attached hydrogens (primary N) is 1. The van der Waals surface area contributed by atoms with E-state index >= 15 is 0 Å². The largest absolute Gasteiger partial charge is 0.497 e. The summed E-state index contributed by atoms with van der Waals surface area (Å²) in [5.74, 6) is 0.514. The Balaban J connectivity index is 0.00000196. The van der Waals surface area contributed by atoms with Gasteiger partial charge in [0.25, 0.3) is 0 Å². The Morgan fingerprint density at radius 3 is 2.53 bits per heavy atom. The fraction of sp³-hybridized carbons (Fsp3) is 0.333. The molecule has 1 rings (SSSR count). The normalized spacial score (nSPS) is 9.67. The molecule has 86 valence electrons. The molecular formula is C9H12ClF2NO2. The number of methoxy groups -OCH3 is 1. The van der Waals surface area contributed by atoms with Gasteiger partial charge in [0.1, 0.15) is 11.5 Å². The van der Waals surface area contributed by atoms with Gasteiger partial charge in [0, 0.05) is 18.2 Å². The molecule has 0 unspecified atom stereocenters. The highest BCUT2D eigenvalue weighted by atomic mass is 35.5. The fourth-order valence-electron chi connectivity index (χ4n) is 1.04. The first-order valence-corrected chi connectivity index (χ1v) is 3.99. The van der Waals surface area contributed by atoms with Crippen molar-refractivity contribution in [3.8, 4) is 11.5 Å². The zero-order chi connectivity index (χ0) is 10.6. The molecule has 3 nitrogen and oxygen atoms in total. The summed E-state index contributed by atoms with van der Waals surface area (Å²) < 4.78 is 33.1. The van der Waals surface area contributed by atoms with Crippen LogP contribution in [0.25, 0.3) is 0 Å². The molecule has 2 N–H and O–H groups in total. The van der Waals surface area contributed by atoms with Crippen molar-refractivity contribution in [2.24, 2.45) is 5.73 Å². The number of benzene rings is 1. The van der Waals surface area contributed by atoms with Gasteiger partial charge in [0.05, 0.1) is 7.11 Å². The van der Waals surface area contributed by atoms with Crippen LogP contribution in [0.1, 0.15) is 5.56 Å². The van der Waals surface area contributed by atoms with Crippen molar-refractivity contribution in [2.75, 3.05) is 7.11 Å². The van der Waals surface area contributed by atoms with E-state index in [1.165, 1.54) is 13.2 Å². The molecule has 0 aliphatic rings.